The lowest BCUT2D eigenvalue weighted by Crippen LogP contribution is -2.48. The van der Waals surface area contributed by atoms with E-state index in [4.69, 9.17) is 11.6 Å². The predicted molar refractivity (Wildman–Crippen MR) is 107 cm³/mol. The first-order valence-electron chi connectivity index (χ1n) is 7.96. The van der Waals surface area contributed by atoms with Crippen LogP contribution in [0.4, 0.5) is 5.82 Å². The number of thiophene rings is 1. The van der Waals surface area contributed by atoms with E-state index in [1.165, 1.54) is 11.3 Å². The van der Waals surface area contributed by atoms with E-state index in [0.29, 0.717) is 23.0 Å². The highest BCUT2D eigenvalue weighted by molar-refractivity contribution is 9.10. The molecule has 3 heterocycles. The monoisotopic (exact) mass is 435 g/mol. The van der Waals surface area contributed by atoms with Crippen LogP contribution >= 0.6 is 38.9 Å². The molecule has 1 saturated heterocycles. The van der Waals surface area contributed by atoms with Crippen LogP contribution in [0.3, 0.4) is 0 Å². The lowest BCUT2D eigenvalue weighted by atomic mass is 10.2. The summed E-state index contributed by atoms with van der Waals surface area (Å²) in [6.07, 6.45) is 1.80. The number of nitrogens with zero attached hydrogens (tertiary/aromatic N) is 3. The molecule has 3 aromatic rings. The molecule has 0 saturated carbocycles. The van der Waals surface area contributed by atoms with E-state index in [1.807, 2.05) is 41.3 Å². The predicted octanol–water partition coefficient (Wildman–Crippen LogP) is 4.67. The largest absolute Gasteiger partial charge is 0.353 e. The van der Waals surface area contributed by atoms with Gasteiger partial charge in [0.25, 0.3) is 5.91 Å². The molecular formula is C18H15BrClN3OS. The average Bonchev–Trinajstić information content (AvgIpc) is 2.99. The molecule has 1 aliphatic rings. The van der Waals surface area contributed by atoms with Gasteiger partial charge in [-0.15, -0.1) is 11.3 Å². The van der Waals surface area contributed by atoms with Crippen molar-refractivity contribution in [1.82, 2.24) is 9.88 Å². The van der Waals surface area contributed by atoms with Crippen LogP contribution < -0.4 is 4.90 Å². The molecule has 0 spiro atoms. The number of carbonyl (C=O) groups excluding carboxylic acids is 1. The number of piperazine rings is 1. The van der Waals surface area contributed by atoms with Crippen LogP contribution in [-0.2, 0) is 0 Å². The second-order valence-corrected chi connectivity index (χ2v) is 8.20. The van der Waals surface area contributed by atoms with Gasteiger partial charge in [0, 0.05) is 46.9 Å². The molecule has 0 radical (unpaired) electrons. The van der Waals surface area contributed by atoms with Crippen molar-refractivity contribution >= 4 is 60.7 Å². The van der Waals surface area contributed by atoms with Gasteiger partial charge in [0.2, 0.25) is 0 Å². The van der Waals surface area contributed by atoms with E-state index in [2.05, 4.69) is 25.8 Å². The summed E-state index contributed by atoms with van der Waals surface area (Å²) < 4.78 is 2.01. The van der Waals surface area contributed by atoms with Gasteiger partial charge in [-0.2, -0.15) is 0 Å². The first kappa shape index (κ1) is 16.8. The molecule has 2 aromatic heterocycles. The second-order valence-electron chi connectivity index (χ2n) is 5.86. The number of pyridine rings is 1. The van der Waals surface area contributed by atoms with Crippen molar-refractivity contribution in [3.05, 3.63) is 57.0 Å². The van der Waals surface area contributed by atoms with E-state index < -0.39 is 0 Å². The number of fused-ring (bicyclic) bond motifs is 1. The molecular weight excluding hydrogens is 422 g/mol. The Hall–Kier alpha value is -1.63. The van der Waals surface area contributed by atoms with E-state index in [1.54, 1.807) is 6.20 Å². The maximum absolute atomic E-state index is 12.9. The third-order valence-electron chi connectivity index (χ3n) is 4.33. The summed E-state index contributed by atoms with van der Waals surface area (Å²) in [5, 5.41) is 1.53. The highest BCUT2D eigenvalue weighted by Gasteiger charge is 2.26. The number of benzene rings is 1. The number of aromatic nitrogens is 1. The minimum Gasteiger partial charge on any atom is -0.353 e. The molecule has 128 valence electrons. The molecule has 1 fully saturated rings. The van der Waals surface area contributed by atoms with Gasteiger partial charge < -0.3 is 9.80 Å². The SMILES string of the molecule is O=C(c1sc2ccccc2c1Cl)N1CCN(c2ccc(Br)cn2)CC1. The Morgan fingerprint density at radius 1 is 1.12 bits per heavy atom. The van der Waals surface area contributed by atoms with E-state index in [-0.39, 0.29) is 5.91 Å². The summed E-state index contributed by atoms with van der Waals surface area (Å²) in [6.45, 7) is 2.87. The first-order valence-corrected chi connectivity index (χ1v) is 9.95. The van der Waals surface area contributed by atoms with Crippen molar-refractivity contribution in [3.8, 4) is 0 Å². The summed E-state index contributed by atoms with van der Waals surface area (Å²) in [6, 6.07) is 11.8. The maximum Gasteiger partial charge on any atom is 0.265 e. The molecule has 0 bridgehead atoms. The van der Waals surface area contributed by atoms with Crippen molar-refractivity contribution in [1.29, 1.82) is 0 Å². The standard InChI is InChI=1S/C18H15BrClN3OS/c19-12-5-6-15(21-11-12)22-7-9-23(10-8-22)18(24)17-16(20)13-3-1-2-4-14(13)25-17/h1-6,11H,7-10H2. The van der Waals surface area contributed by atoms with E-state index in [9.17, 15) is 4.79 Å². The first-order chi connectivity index (χ1) is 12.1. The Labute approximate surface area is 163 Å². The van der Waals surface area contributed by atoms with Crippen LogP contribution in [0.2, 0.25) is 5.02 Å². The zero-order valence-electron chi connectivity index (χ0n) is 13.3. The molecule has 0 unspecified atom stereocenters. The van der Waals surface area contributed by atoms with Gasteiger partial charge in [0.15, 0.2) is 0 Å². The Balaban J connectivity index is 1.49. The minimum absolute atomic E-state index is 0.0228. The molecule has 4 nitrogen and oxygen atoms in total. The highest BCUT2D eigenvalue weighted by atomic mass is 79.9. The summed E-state index contributed by atoms with van der Waals surface area (Å²) in [4.78, 5) is 22.0. The quantitative estimate of drug-likeness (QED) is 0.585. The molecule has 1 aliphatic heterocycles. The molecule has 7 heteroatoms. The number of halogens is 2. The van der Waals surface area contributed by atoms with Crippen molar-refractivity contribution in [2.45, 2.75) is 0 Å². The average molecular weight is 437 g/mol. The number of anilines is 1. The van der Waals surface area contributed by atoms with Crippen molar-refractivity contribution in [3.63, 3.8) is 0 Å². The summed E-state index contributed by atoms with van der Waals surface area (Å²) in [7, 11) is 0. The molecule has 0 atom stereocenters. The van der Waals surface area contributed by atoms with Crippen molar-refractivity contribution < 1.29 is 4.79 Å². The number of rotatable bonds is 2. The second kappa shape index (κ2) is 6.94. The number of carbonyl (C=O) groups is 1. The lowest BCUT2D eigenvalue weighted by Gasteiger charge is -2.35. The number of amides is 1. The van der Waals surface area contributed by atoms with Gasteiger partial charge in [-0.05, 0) is 34.1 Å². The number of hydrogen-bond acceptors (Lipinski definition) is 4. The fourth-order valence-corrected chi connectivity index (χ4v) is 4.70. The van der Waals surface area contributed by atoms with Crippen LogP contribution in [0, 0.1) is 0 Å². The molecule has 0 N–H and O–H groups in total. The Kier molecular flexibility index (Phi) is 4.67. The van der Waals surface area contributed by atoms with Crippen LogP contribution in [0.15, 0.2) is 47.1 Å². The van der Waals surface area contributed by atoms with Gasteiger partial charge in [0.1, 0.15) is 10.7 Å². The van der Waals surface area contributed by atoms with Gasteiger partial charge >= 0.3 is 0 Å². The molecule has 0 aliphatic carbocycles. The molecule has 1 aromatic carbocycles. The van der Waals surface area contributed by atoms with E-state index in [0.717, 1.165) is 33.5 Å². The molecule has 1 amide bonds. The summed E-state index contributed by atoms with van der Waals surface area (Å²) in [5.41, 5.74) is 0. The Bertz CT molecular complexity index is 920. The number of hydrogen-bond donors (Lipinski definition) is 0. The van der Waals surface area contributed by atoms with Crippen LogP contribution in [0.1, 0.15) is 9.67 Å². The molecule has 4 rings (SSSR count). The van der Waals surface area contributed by atoms with Crippen LogP contribution in [0.25, 0.3) is 10.1 Å². The van der Waals surface area contributed by atoms with Crippen LogP contribution in [-0.4, -0.2) is 42.0 Å². The van der Waals surface area contributed by atoms with Crippen molar-refractivity contribution in [2.24, 2.45) is 0 Å². The smallest absolute Gasteiger partial charge is 0.265 e. The minimum atomic E-state index is 0.0228. The molecule has 25 heavy (non-hydrogen) atoms. The normalized spacial score (nSPS) is 15.0. The topological polar surface area (TPSA) is 36.4 Å². The summed E-state index contributed by atoms with van der Waals surface area (Å²) in [5.74, 6) is 0.963. The summed E-state index contributed by atoms with van der Waals surface area (Å²) >= 11 is 11.3. The van der Waals surface area contributed by atoms with E-state index >= 15 is 0 Å². The van der Waals surface area contributed by atoms with Gasteiger partial charge in [-0.1, -0.05) is 29.8 Å². The zero-order valence-corrected chi connectivity index (χ0v) is 16.4. The van der Waals surface area contributed by atoms with Gasteiger partial charge in [0.05, 0.1) is 5.02 Å². The Morgan fingerprint density at radius 2 is 1.88 bits per heavy atom. The van der Waals surface area contributed by atoms with Gasteiger partial charge in [-0.3, -0.25) is 4.79 Å². The third kappa shape index (κ3) is 3.26. The fraction of sp³-hybridized carbons (Fsp3) is 0.222. The fourth-order valence-electron chi connectivity index (χ4n) is 2.99. The highest BCUT2D eigenvalue weighted by Crippen LogP contribution is 2.36. The zero-order chi connectivity index (χ0) is 17.4. The van der Waals surface area contributed by atoms with Gasteiger partial charge in [-0.25, -0.2) is 4.98 Å². The third-order valence-corrected chi connectivity index (χ3v) is 6.46. The Morgan fingerprint density at radius 3 is 2.56 bits per heavy atom. The lowest BCUT2D eigenvalue weighted by molar-refractivity contribution is 0.0751. The van der Waals surface area contributed by atoms with Crippen molar-refractivity contribution in [2.75, 3.05) is 31.1 Å². The maximum atomic E-state index is 12.9. The van der Waals surface area contributed by atoms with Crippen LogP contribution in [0.5, 0.6) is 0 Å².